The van der Waals surface area contributed by atoms with Crippen LogP contribution in [-0.4, -0.2) is 10.8 Å². The van der Waals surface area contributed by atoms with Crippen LogP contribution in [0.15, 0.2) is 22.7 Å². The van der Waals surface area contributed by atoms with Crippen LogP contribution in [0.4, 0.5) is 0 Å². The zero-order valence-corrected chi connectivity index (χ0v) is 8.97. The number of rotatable bonds is 0. The minimum atomic E-state index is 0.142. The van der Waals surface area contributed by atoms with E-state index in [0.717, 1.165) is 17.6 Å². The van der Waals surface area contributed by atoms with E-state index in [2.05, 4.69) is 22.0 Å². The van der Waals surface area contributed by atoms with Gasteiger partial charge in [-0.05, 0) is 17.2 Å². The number of benzene rings is 1. The Balaban J connectivity index is 2.35. The summed E-state index contributed by atoms with van der Waals surface area (Å²) in [4.78, 5) is 13.0. The monoisotopic (exact) mass is 239 g/mol. The molecule has 0 aromatic heterocycles. The fourth-order valence-corrected chi connectivity index (χ4v) is 2.14. The molecular formula is C10H10BrNO. The van der Waals surface area contributed by atoms with Crippen molar-refractivity contribution in [1.29, 1.82) is 0 Å². The summed E-state index contributed by atoms with van der Waals surface area (Å²) >= 11 is 3.49. The van der Waals surface area contributed by atoms with Gasteiger partial charge in [-0.1, -0.05) is 28.1 Å². The maximum absolute atomic E-state index is 11.1. The van der Waals surface area contributed by atoms with Gasteiger partial charge in [0.15, 0.2) is 0 Å². The molecule has 3 heteroatoms. The van der Waals surface area contributed by atoms with E-state index < -0.39 is 0 Å². The minimum Gasteiger partial charge on any atom is -0.334 e. The van der Waals surface area contributed by atoms with Crippen LogP contribution < -0.4 is 0 Å². The van der Waals surface area contributed by atoms with Crippen LogP contribution in [0.5, 0.6) is 0 Å². The first-order valence-electron chi connectivity index (χ1n) is 4.20. The average Bonchev–Trinajstić information content (AvgIpc) is 2.49. The second-order valence-corrected chi connectivity index (χ2v) is 4.11. The van der Waals surface area contributed by atoms with E-state index in [1.165, 1.54) is 11.1 Å². The standard InChI is InChI=1S/C10H10BrNO/c1-7(13)12-5-8-3-2-4-10(11)9(8)6-12/h2-4H,5-6H2,1H3. The van der Waals surface area contributed by atoms with E-state index in [4.69, 9.17) is 0 Å². The van der Waals surface area contributed by atoms with Crippen molar-refractivity contribution in [3.05, 3.63) is 33.8 Å². The number of nitrogens with zero attached hydrogens (tertiary/aromatic N) is 1. The van der Waals surface area contributed by atoms with Crippen LogP contribution in [0.25, 0.3) is 0 Å². The third-order valence-corrected chi connectivity index (χ3v) is 3.11. The van der Waals surface area contributed by atoms with Crippen LogP contribution >= 0.6 is 15.9 Å². The molecule has 0 radical (unpaired) electrons. The molecule has 1 aromatic rings. The van der Waals surface area contributed by atoms with E-state index in [1.54, 1.807) is 6.92 Å². The Morgan fingerprint density at radius 1 is 1.46 bits per heavy atom. The third kappa shape index (κ3) is 1.48. The molecule has 68 valence electrons. The van der Waals surface area contributed by atoms with Gasteiger partial charge in [0.25, 0.3) is 0 Å². The highest BCUT2D eigenvalue weighted by atomic mass is 79.9. The summed E-state index contributed by atoms with van der Waals surface area (Å²) in [5.74, 6) is 0.142. The molecule has 2 rings (SSSR count). The molecule has 0 aliphatic carbocycles. The molecule has 1 amide bonds. The molecule has 0 spiro atoms. The van der Waals surface area contributed by atoms with Gasteiger partial charge in [0.2, 0.25) is 5.91 Å². The van der Waals surface area contributed by atoms with Crippen LogP contribution in [0.2, 0.25) is 0 Å². The van der Waals surface area contributed by atoms with E-state index in [1.807, 2.05) is 17.0 Å². The van der Waals surface area contributed by atoms with Crippen molar-refractivity contribution in [2.45, 2.75) is 20.0 Å². The first-order chi connectivity index (χ1) is 6.18. The summed E-state index contributed by atoms with van der Waals surface area (Å²) in [5, 5.41) is 0. The van der Waals surface area contributed by atoms with E-state index in [0.29, 0.717) is 0 Å². The van der Waals surface area contributed by atoms with Gasteiger partial charge in [-0.3, -0.25) is 4.79 Å². The second-order valence-electron chi connectivity index (χ2n) is 3.25. The molecule has 1 heterocycles. The van der Waals surface area contributed by atoms with Gasteiger partial charge >= 0.3 is 0 Å². The molecule has 0 unspecified atom stereocenters. The van der Waals surface area contributed by atoms with Gasteiger partial charge < -0.3 is 4.90 Å². The van der Waals surface area contributed by atoms with Crippen molar-refractivity contribution >= 4 is 21.8 Å². The molecule has 0 N–H and O–H groups in total. The Hall–Kier alpha value is -0.830. The zero-order valence-electron chi connectivity index (χ0n) is 7.38. The lowest BCUT2D eigenvalue weighted by Gasteiger charge is -2.11. The van der Waals surface area contributed by atoms with Crippen molar-refractivity contribution < 1.29 is 4.79 Å². The maximum atomic E-state index is 11.1. The normalized spacial score (nSPS) is 14.5. The van der Waals surface area contributed by atoms with E-state index in [-0.39, 0.29) is 5.91 Å². The SMILES string of the molecule is CC(=O)N1Cc2cccc(Br)c2C1. The summed E-state index contributed by atoms with van der Waals surface area (Å²) in [6.45, 7) is 3.11. The predicted molar refractivity (Wildman–Crippen MR) is 54.1 cm³/mol. The van der Waals surface area contributed by atoms with Gasteiger partial charge in [0.1, 0.15) is 0 Å². The molecule has 2 nitrogen and oxygen atoms in total. The average molecular weight is 240 g/mol. The summed E-state index contributed by atoms with van der Waals surface area (Å²) < 4.78 is 1.11. The summed E-state index contributed by atoms with van der Waals surface area (Å²) in [7, 11) is 0. The highest BCUT2D eigenvalue weighted by Gasteiger charge is 2.21. The number of carbonyl (C=O) groups excluding carboxylic acids is 1. The van der Waals surface area contributed by atoms with Gasteiger partial charge in [-0.2, -0.15) is 0 Å². The smallest absolute Gasteiger partial charge is 0.220 e. The van der Waals surface area contributed by atoms with Crippen LogP contribution in [0.3, 0.4) is 0 Å². The van der Waals surface area contributed by atoms with Crippen molar-refractivity contribution in [3.63, 3.8) is 0 Å². The third-order valence-electron chi connectivity index (χ3n) is 2.37. The van der Waals surface area contributed by atoms with Crippen LogP contribution in [0.1, 0.15) is 18.1 Å². The first kappa shape index (κ1) is 8.75. The van der Waals surface area contributed by atoms with Gasteiger partial charge in [-0.15, -0.1) is 0 Å². The molecule has 0 saturated carbocycles. The summed E-state index contributed by atoms with van der Waals surface area (Å²) in [5.41, 5.74) is 2.50. The van der Waals surface area contributed by atoms with Gasteiger partial charge in [0, 0.05) is 24.5 Å². The lowest BCUT2D eigenvalue weighted by Crippen LogP contribution is -2.21. The fourth-order valence-electron chi connectivity index (χ4n) is 1.60. The highest BCUT2D eigenvalue weighted by molar-refractivity contribution is 9.10. The van der Waals surface area contributed by atoms with Crippen molar-refractivity contribution in [2.24, 2.45) is 0 Å². The van der Waals surface area contributed by atoms with E-state index >= 15 is 0 Å². The Bertz CT molecular complexity index is 362. The number of halogens is 1. The van der Waals surface area contributed by atoms with Crippen molar-refractivity contribution in [1.82, 2.24) is 4.90 Å². The summed E-state index contributed by atoms with van der Waals surface area (Å²) in [6.07, 6.45) is 0. The van der Waals surface area contributed by atoms with Crippen molar-refractivity contribution in [2.75, 3.05) is 0 Å². The second kappa shape index (κ2) is 3.14. The largest absolute Gasteiger partial charge is 0.334 e. The molecule has 0 atom stereocenters. The predicted octanol–water partition coefficient (Wildman–Crippen LogP) is 2.31. The van der Waals surface area contributed by atoms with E-state index in [9.17, 15) is 4.79 Å². The number of hydrogen-bond acceptors (Lipinski definition) is 1. The molecular weight excluding hydrogens is 230 g/mol. The quantitative estimate of drug-likeness (QED) is 0.681. The molecule has 1 aliphatic heterocycles. The highest BCUT2D eigenvalue weighted by Crippen LogP contribution is 2.28. The maximum Gasteiger partial charge on any atom is 0.220 e. The summed E-state index contributed by atoms with van der Waals surface area (Å²) in [6, 6.07) is 6.10. The Morgan fingerprint density at radius 3 is 2.85 bits per heavy atom. The van der Waals surface area contributed by atoms with Gasteiger partial charge in [0.05, 0.1) is 0 Å². The molecule has 0 saturated heterocycles. The zero-order chi connectivity index (χ0) is 9.42. The minimum absolute atomic E-state index is 0.142. The van der Waals surface area contributed by atoms with Crippen molar-refractivity contribution in [3.8, 4) is 0 Å². The number of hydrogen-bond donors (Lipinski definition) is 0. The molecule has 0 bridgehead atoms. The number of fused-ring (bicyclic) bond motifs is 1. The lowest BCUT2D eigenvalue weighted by molar-refractivity contribution is -0.129. The molecule has 1 aliphatic rings. The Morgan fingerprint density at radius 2 is 2.23 bits per heavy atom. The lowest BCUT2D eigenvalue weighted by atomic mass is 10.1. The molecule has 0 fully saturated rings. The molecule has 13 heavy (non-hydrogen) atoms. The first-order valence-corrected chi connectivity index (χ1v) is 4.99. The molecule has 1 aromatic carbocycles. The number of carbonyl (C=O) groups is 1. The topological polar surface area (TPSA) is 20.3 Å². The Labute approximate surface area is 85.7 Å². The van der Waals surface area contributed by atoms with Crippen LogP contribution in [0, 0.1) is 0 Å². The Kier molecular flexibility index (Phi) is 2.12. The fraction of sp³-hybridized carbons (Fsp3) is 0.300. The van der Waals surface area contributed by atoms with Gasteiger partial charge in [-0.25, -0.2) is 0 Å². The number of amides is 1. The van der Waals surface area contributed by atoms with Crippen LogP contribution in [-0.2, 0) is 17.9 Å².